The SMILES string of the molecule is Cc1cccc(S(=O)(=O)N2CCn3ncc(Br)c32)c1. The van der Waals surface area contributed by atoms with Crippen LogP contribution < -0.4 is 4.31 Å². The molecule has 5 nitrogen and oxygen atoms in total. The van der Waals surface area contributed by atoms with Crippen LogP contribution in [0.5, 0.6) is 0 Å². The van der Waals surface area contributed by atoms with Gasteiger partial charge in [-0.3, -0.25) is 0 Å². The molecule has 7 heteroatoms. The molecular formula is C12H12BrN3O2S. The maximum Gasteiger partial charge on any atom is 0.265 e. The second kappa shape index (κ2) is 4.35. The Balaban J connectivity index is 2.10. The van der Waals surface area contributed by atoms with E-state index in [9.17, 15) is 8.42 Å². The van der Waals surface area contributed by atoms with E-state index in [2.05, 4.69) is 21.0 Å². The first-order valence-corrected chi connectivity index (χ1v) is 8.04. The molecule has 1 aliphatic heterocycles. The van der Waals surface area contributed by atoms with Gasteiger partial charge in [-0.05, 0) is 40.5 Å². The van der Waals surface area contributed by atoms with E-state index in [0.717, 1.165) is 5.56 Å². The minimum atomic E-state index is -3.52. The molecular weight excluding hydrogens is 330 g/mol. The van der Waals surface area contributed by atoms with Gasteiger partial charge in [-0.1, -0.05) is 12.1 Å². The Morgan fingerprint density at radius 1 is 1.32 bits per heavy atom. The molecule has 1 aliphatic rings. The predicted molar refractivity (Wildman–Crippen MR) is 75.6 cm³/mol. The van der Waals surface area contributed by atoms with Crippen molar-refractivity contribution in [2.45, 2.75) is 18.4 Å². The Labute approximate surface area is 120 Å². The van der Waals surface area contributed by atoms with Gasteiger partial charge in [0.1, 0.15) is 0 Å². The van der Waals surface area contributed by atoms with E-state index in [1.54, 1.807) is 29.1 Å². The van der Waals surface area contributed by atoms with Crippen molar-refractivity contribution >= 4 is 31.8 Å². The summed E-state index contributed by atoms with van der Waals surface area (Å²) in [6, 6.07) is 6.94. The molecule has 0 amide bonds. The molecule has 0 radical (unpaired) electrons. The van der Waals surface area contributed by atoms with Crippen LogP contribution in [-0.2, 0) is 16.6 Å². The van der Waals surface area contributed by atoms with Gasteiger partial charge in [-0.25, -0.2) is 17.4 Å². The van der Waals surface area contributed by atoms with Crippen molar-refractivity contribution in [1.82, 2.24) is 9.78 Å². The summed E-state index contributed by atoms with van der Waals surface area (Å²) in [5.41, 5.74) is 0.924. The third-order valence-corrected chi connectivity index (χ3v) is 5.44. The highest BCUT2D eigenvalue weighted by Gasteiger charge is 2.33. The molecule has 0 atom stereocenters. The lowest BCUT2D eigenvalue weighted by Gasteiger charge is -2.18. The predicted octanol–water partition coefficient (Wildman–Crippen LogP) is 2.16. The first kappa shape index (κ1) is 12.7. The van der Waals surface area contributed by atoms with Gasteiger partial charge < -0.3 is 0 Å². The standard InChI is InChI=1S/C12H12BrN3O2S/c1-9-3-2-4-10(7-9)19(17,18)16-6-5-15-12(16)11(13)8-14-15/h2-4,7-8H,5-6H2,1H3. The number of halogens is 1. The second-order valence-corrected chi connectivity index (χ2v) is 7.15. The molecule has 0 unspecified atom stereocenters. The van der Waals surface area contributed by atoms with Gasteiger partial charge in [-0.15, -0.1) is 0 Å². The van der Waals surface area contributed by atoms with Crippen LogP contribution in [-0.4, -0.2) is 24.7 Å². The largest absolute Gasteiger partial charge is 0.265 e. The van der Waals surface area contributed by atoms with E-state index in [4.69, 9.17) is 0 Å². The van der Waals surface area contributed by atoms with E-state index in [0.29, 0.717) is 28.3 Å². The molecule has 1 aromatic carbocycles. The van der Waals surface area contributed by atoms with Crippen molar-refractivity contribution in [3.63, 3.8) is 0 Å². The molecule has 1 aromatic heterocycles. The van der Waals surface area contributed by atoms with Crippen molar-refractivity contribution in [1.29, 1.82) is 0 Å². The molecule has 100 valence electrons. The number of aromatic nitrogens is 2. The fourth-order valence-electron chi connectivity index (χ4n) is 2.20. The van der Waals surface area contributed by atoms with E-state index in [1.165, 1.54) is 4.31 Å². The minimum Gasteiger partial charge on any atom is -0.247 e. The quantitative estimate of drug-likeness (QED) is 0.841. The molecule has 0 aliphatic carbocycles. The molecule has 19 heavy (non-hydrogen) atoms. The van der Waals surface area contributed by atoms with Crippen molar-refractivity contribution in [3.05, 3.63) is 40.5 Å². The summed E-state index contributed by atoms with van der Waals surface area (Å²) in [5.74, 6) is 0.599. The van der Waals surface area contributed by atoms with E-state index in [1.807, 2.05) is 13.0 Å². The van der Waals surface area contributed by atoms with Crippen LogP contribution in [0.15, 0.2) is 39.8 Å². The number of benzene rings is 1. The van der Waals surface area contributed by atoms with Crippen molar-refractivity contribution in [3.8, 4) is 0 Å². The monoisotopic (exact) mass is 341 g/mol. The first-order chi connectivity index (χ1) is 9.00. The number of rotatable bonds is 2. The lowest BCUT2D eigenvalue weighted by Crippen LogP contribution is -2.29. The average molecular weight is 342 g/mol. The van der Waals surface area contributed by atoms with Crippen LogP contribution in [0.2, 0.25) is 0 Å². The first-order valence-electron chi connectivity index (χ1n) is 5.81. The summed E-state index contributed by atoms with van der Waals surface area (Å²) < 4.78 is 29.1. The summed E-state index contributed by atoms with van der Waals surface area (Å²) in [4.78, 5) is 0.314. The van der Waals surface area contributed by atoms with Crippen LogP contribution in [0.4, 0.5) is 5.82 Å². The number of aryl methyl sites for hydroxylation is 1. The molecule has 0 spiro atoms. The van der Waals surface area contributed by atoms with Gasteiger partial charge in [0, 0.05) is 0 Å². The summed E-state index contributed by atoms with van der Waals surface area (Å²) in [5, 5.41) is 4.13. The Bertz CT molecular complexity index is 739. The number of hydrogen-bond acceptors (Lipinski definition) is 3. The molecule has 2 heterocycles. The van der Waals surface area contributed by atoms with Crippen LogP contribution in [0.1, 0.15) is 5.56 Å². The normalized spacial score (nSPS) is 14.7. The summed E-state index contributed by atoms with van der Waals surface area (Å²) in [6.07, 6.45) is 1.62. The van der Waals surface area contributed by atoms with Crippen LogP contribution in [0.3, 0.4) is 0 Å². The lowest BCUT2D eigenvalue weighted by atomic mass is 10.2. The van der Waals surface area contributed by atoms with Crippen LogP contribution in [0.25, 0.3) is 0 Å². The second-order valence-electron chi connectivity index (χ2n) is 4.43. The molecule has 0 N–H and O–H groups in total. The van der Waals surface area contributed by atoms with Gasteiger partial charge in [0.15, 0.2) is 5.82 Å². The molecule has 0 saturated heterocycles. The average Bonchev–Trinajstić information content (AvgIpc) is 2.93. The Morgan fingerprint density at radius 3 is 2.84 bits per heavy atom. The highest BCUT2D eigenvalue weighted by Crippen LogP contribution is 2.34. The zero-order chi connectivity index (χ0) is 13.6. The fourth-order valence-corrected chi connectivity index (χ4v) is 4.41. The van der Waals surface area contributed by atoms with E-state index in [-0.39, 0.29) is 0 Å². The Hall–Kier alpha value is -1.34. The number of nitrogens with zero attached hydrogens (tertiary/aromatic N) is 3. The zero-order valence-electron chi connectivity index (χ0n) is 10.2. The Kier molecular flexibility index (Phi) is 2.90. The Morgan fingerprint density at radius 2 is 2.11 bits per heavy atom. The zero-order valence-corrected chi connectivity index (χ0v) is 12.6. The lowest BCUT2D eigenvalue weighted by molar-refractivity contribution is 0.591. The van der Waals surface area contributed by atoms with Gasteiger partial charge in [-0.2, -0.15) is 5.10 Å². The summed E-state index contributed by atoms with van der Waals surface area (Å²) in [6.45, 7) is 2.87. The fraction of sp³-hybridized carbons (Fsp3) is 0.250. The van der Waals surface area contributed by atoms with Crippen molar-refractivity contribution < 1.29 is 8.42 Å². The van der Waals surface area contributed by atoms with Gasteiger partial charge in [0.2, 0.25) is 0 Å². The van der Waals surface area contributed by atoms with E-state index < -0.39 is 10.0 Å². The van der Waals surface area contributed by atoms with Crippen molar-refractivity contribution in [2.75, 3.05) is 10.8 Å². The highest BCUT2D eigenvalue weighted by atomic mass is 79.9. The number of hydrogen-bond donors (Lipinski definition) is 0. The van der Waals surface area contributed by atoms with E-state index >= 15 is 0 Å². The van der Waals surface area contributed by atoms with Crippen LogP contribution >= 0.6 is 15.9 Å². The van der Waals surface area contributed by atoms with Crippen molar-refractivity contribution in [2.24, 2.45) is 0 Å². The molecule has 0 saturated carbocycles. The van der Waals surface area contributed by atoms with Gasteiger partial charge in [0.05, 0.1) is 28.7 Å². The highest BCUT2D eigenvalue weighted by molar-refractivity contribution is 9.10. The number of anilines is 1. The molecule has 3 rings (SSSR count). The summed E-state index contributed by atoms with van der Waals surface area (Å²) in [7, 11) is -3.52. The smallest absolute Gasteiger partial charge is 0.247 e. The third kappa shape index (κ3) is 1.97. The molecule has 0 bridgehead atoms. The number of sulfonamides is 1. The van der Waals surface area contributed by atoms with Crippen LogP contribution in [0, 0.1) is 6.92 Å². The topological polar surface area (TPSA) is 55.2 Å². The third-order valence-electron chi connectivity index (χ3n) is 3.10. The molecule has 2 aromatic rings. The maximum absolute atomic E-state index is 12.7. The van der Waals surface area contributed by atoms with Gasteiger partial charge in [0.25, 0.3) is 10.0 Å². The number of fused-ring (bicyclic) bond motifs is 1. The minimum absolute atomic E-state index is 0.314. The van der Waals surface area contributed by atoms with Gasteiger partial charge >= 0.3 is 0 Å². The molecule has 0 fully saturated rings. The summed E-state index contributed by atoms with van der Waals surface area (Å²) >= 11 is 3.35. The maximum atomic E-state index is 12.7.